The zero-order valence-electron chi connectivity index (χ0n) is 17.5. The van der Waals surface area contributed by atoms with Crippen molar-refractivity contribution < 1.29 is 28.4 Å². The highest BCUT2D eigenvalue weighted by molar-refractivity contribution is 5.94. The lowest BCUT2D eigenvalue weighted by atomic mass is 9.96. The van der Waals surface area contributed by atoms with E-state index in [1.165, 1.54) is 23.8 Å². The van der Waals surface area contributed by atoms with Crippen LogP contribution >= 0.6 is 0 Å². The molecule has 0 unspecified atom stereocenters. The number of ether oxygens (including phenoxy) is 2. The number of benzene rings is 2. The number of non-ortho nitro benzene ring substituents is 1. The standard InChI is InChI=1S/C23H22N2O7/c1-14-6-7-15(25(28)29)10-19(14)24-22(26)12-31-23(27)13-30-16-8-9-21-18(11-16)17-4-2-3-5-20(17)32-21/h6-11H,2-5,12-13H2,1H3,(H,24,26). The Labute approximate surface area is 183 Å². The minimum Gasteiger partial charge on any atom is -0.482 e. The Morgan fingerprint density at radius 1 is 1.12 bits per heavy atom. The van der Waals surface area contributed by atoms with Crippen molar-refractivity contribution in [1.82, 2.24) is 0 Å². The zero-order valence-corrected chi connectivity index (χ0v) is 17.5. The number of esters is 1. The van der Waals surface area contributed by atoms with Crippen LogP contribution in [0.4, 0.5) is 11.4 Å². The van der Waals surface area contributed by atoms with Gasteiger partial charge in [-0.05, 0) is 49.9 Å². The average molecular weight is 438 g/mol. The predicted octanol–water partition coefficient (Wildman–Crippen LogP) is 4.09. The fraction of sp³-hybridized carbons (Fsp3) is 0.304. The zero-order chi connectivity index (χ0) is 22.7. The van der Waals surface area contributed by atoms with E-state index in [0.717, 1.165) is 42.4 Å². The summed E-state index contributed by atoms with van der Waals surface area (Å²) in [4.78, 5) is 34.4. The minimum absolute atomic E-state index is 0.146. The van der Waals surface area contributed by atoms with Crippen molar-refractivity contribution in [3.8, 4) is 5.75 Å². The number of hydrogen-bond acceptors (Lipinski definition) is 7. The quantitative estimate of drug-likeness (QED) is 0.335. The van der Waals surface area contributed by atoms with E-state index in [-0.39, 0.29) is 18.0 Å². The first-order chi connectivity index (χ1) is 15.4. The number of nitro benzene ring substituents is 1. The summed E-state index contributed by atoms with van der Waals surface area (Å²) >= 11 is 0. The van der Waals surface area contributed by atoms with Crippen molar-refractivity contribution in [2.24, 2.45) is 0 Å². The molecule has 0 saturated carbocycles. The summed E-state index contributed by atoms with van der Waals surface area (Å²) in [5.74, 6) is 0.228. The Balaban J connectivity index is 1.29. The van der Waals surface area contributed by atoms with Gasteiger partial charge in [-0.15, -0.1) is 0 Å². The van der Waals surface area contributed by atoms with Gasteiger partial charge in [-0.1, -0.05) is 6.07 Å². The van der Waals surface area contributed by atoms with E-state index in [9.17, 15) is 19.7 Å². The highest BCUT2D eigenvalue weighted by Gasteiger charge is 2.18. The molecular formula is C23H22N2O7. The normalized spacial score (nSPS) is 12.8. The van der Waals surface area contributed by atoms with Crippen LogP contribution in [0, 0.1) is 17.0 Å². The molecule has 0 spiro atoms. The van der Waals surface area contributed by atoms with Gasteiger partial charge in [0.05, 0.1) is 10.6 Å². The molecular weight excluding hydrogens is 416 g/mol. The van der Waals surface area contributed by atoms with E-state index in [1.807, 2.05) is 12.1 Å². The smallest absolute Gasteiger partial charge is 0.344 e. The first-order valence-electron chi connectivity index (χ1n) is 10.3. The molecule has 3 aromatic rings. The molecule has 32 heavy (non-hydrogen) atoms. The molecule has 166 valence electrons. The average Bonchev–Trinajstić information content (AvgIpc) is 3.15. The van der Waals surface area contributed by atoms with Crippen molar-refractivity contribution in [3.05, 3.63) is 63.4 Å². The van der Waals surface area contributed by atoms with Crippen LogP contribution in [0.2, 0.25) is 0 Å². The van der Waals surface area contributed by atoms with Gasteiger partial charge in [-0.3, -0.25) is 14.9 Å². The summed E-state index contributed by atoms with van der Waals surface area (Å²) in [7, 11) is 0. The molecule has 1 heterocycles. The first kappa shape index (κ1) is 21.4. The lowest BCUT2D eigenvalue weighted by Gasteiger charge is -2.10. The van der Waals surface area contributed by atoms with Crippen LogP contribution in [0.25, 0.3) is 11.0 Å². The molecule has 1 aromatic heterocycles. The summed E-state index contributed by atoms with van der Waals surface area (Å²) in [6, 6.07) is 9.53. The molecule has 0 saturated heterocycles. The molecule has 1 aliphatic carbocycles. The van der Waals surface area contributed by atoms with Crippen molar-refractivity contribution >= 4 is 34.2 Å². The Kier molecular flexibility index (Phi) is 6.07. The molecule has 0 bridgehead atoms. The Hall–Kier alpha value is -3.88. The summed E-state index contributed by atoms with van der Waals surface area (Å²) < 4.78 is 16.4. The van der Waals surface area contributed by atoms with E-state index in [4.69, 9.17) is 13.9 Å². The van der Waals surface area contributed by atoms with E-state index in [0.29, 0.717) is 11.3 Å². The topological polar surface area (TPSA) is 121 Å². The van der Waals surface area contributed by atoms with Crippen LogP contribution in [-0.2, 0) is 27.2 Å². The number of hydrogen-bond donors (Lipinski definition) is 1. The van der Waals surface area contributed by atoms with Crippen LogP contribution in [0.5, 0.6) is 5.75 Å². The molecule has 1 amide bonds. The van der Waals surface area contributed by atoms with E-state index in [1.54, 1.807) is 13.0 Å². The van der Waals surface area contributed by atoms with Crippen molar-refractivity contribution in [2.45, 2.75) is 32.6 Å². The van der Waals surface area contributed by atoms with Gasteiger partial charge in [-0.2, -0.15) is 0 Å². The predicted molar refractivity (Wildman–Crippen MR) is 116 cm³/mol. The van der Waals surface area contributed by atoms with Gasteiger partial charge in [0.15, 0.2) is 13.2 Å². The maximum atomic E-state index is 12.1. The molecule has 2 aromatic carbocycles. The minimum atomic E-state index is -0.703. The lowest BCUT2D eigenvalue weighted by molar-refractivity contribution is -0.384. The number of carbonyl (C=O) groups excluding carboxylic acids is 2. The van der Waals surface area contributed by atoms with Crippen LogP contribution in [0.1, 0.15) is 29.7 Å². The molecule has 4 rings (SSSR count). The summed E-state index contributed by atoms with van der Waals surface area (Å²) in [6.45, 7) is 0.820. The van der Waals surface area contributed by atoms with Gasteiger partial charge in [0, 0.05) is 29.5 Å². The SMILES string of the molecule is Cc1ccc([N+](=O)[O-])cc1NC(=O)COC(=O)COc1ccc2oc3c(c2c1)CCCC3. The van der Waals surface area contributed by atoms with E-state index >= 15 is 0 Å². The molecule has 9 nitrogen and oxygen atoms in total. The number of nitrogens with one attached hydrogen (secondary N) is 1. The Morgan fingerprint density at radius 3 is 2.75 bits per heavy atom. The molecule has 1 N–H and O–H groups in total. The number of fused-ring (bicyclic) bond motifs is 3. The van der Waals surface area contributed by atoms with E-state index < -0.39 is 23.4 Å². The molecule has 0 aliphatic heterocycles. The van der Waals surface area contributed by atoms with Gasteiger partial charge >= 0.3 is 5.97 Å². The summed E-state index contributed by atoms with van der Waals surface area (Å²) in [5.41, 5.74) is 2.79. The largest absolute Gasteiger partial charge is 0.482 e. The number of carbonyl (C=O) groups is 2. The molecule has 0 radical (unpaired) electrons. The Bertz CT molecular complexity index is 1200. The van der Waals surface area contributed by atoms with Crippen molar-refractivity contribution in [1.29, 1.82) is 0 Å². The summed E-state index contributed by atoms with van der Waals surface area (Å²) in [5, 5.41) is 14.4. The summed E-state index contributed by atoms with van der Waals surface area (Å²) in [6.07, 6.45) is 4.14. The van der Waals surface area contributed by atoms with Gasteiger partial charge in [-0.25, -0.2) is 4.79 Å². The van der Waals surface area contributed by atoms with E-state index in [2.05, 4.69) is 5.32 Å². The van der Waals surface area contributed by atoms with Gasteiger partial charge in [0.2, 0.25) is 0 Å². The fourth-order valence-electron chi connectivity index (χ4n) is 3.71. The van der Waals surface area contributed by atoms with Crippen molar-refractivity contribution in [3.63, 3.8) is 0 Å². The second-order valence-electron chi connectivity index (χ2n) is 7.62. The maximum absolute atomic E-state index is 12.1. The molecule has 0 atom stereocenters. The number of anilines is 1. The second-order valence-corrected chi connectivity index (χ2v) is 7.62. The highest BCUT2D eigenvalue weighted by atomic mass is 16.6. The second kappa shape index (κ2) is 9.09. The highest BCUT2D eigenvalue weighted by Crippen LogP contribution is 2.34. The van der Waals surface area contributed by atoms with Gasteiger partial charge in [0.1, 0.15) is 17.1 Å². The maximum Gasteiger partial charge on any atom is 0.344 e. The van der Waals surface area contributed by atoms with Crippen LogP contribution < -0.4 is 10.1 Å². The third kappa shape index (κ3) is 4.72. The lowest BCUT2D eigenvalue weighted by Crippen LogP contribution is -2.24. The van der Waals surface area contributed by atoms with Crippen LogP contribution in [0.3, 0.4) is 0 Å². The molecule has 0 fully saturated rings. The van der Waals surface area contributed by atoms with Gasteiger partial charge in [0.25, 0.3) is 11.6 Å². The number of amides is 1. The van der Waals surface area contributed by atoms with Crippen molar-refractivity contribution in [2.75, 3.05) is 18.5 Å². The number of nitro groups is 1. The fourth-order valence-corrected chi connectivity index (χ4v) is 3.71. The monoisotopic (exact) mass is 438 g/mol. The Morgan fingerprint density at radius 2 is 1.94 bits per heavy atom. The number of rotatable bonds is 7. The third-order valence-electron chi connectivity index (χ3n) is 5.35. The number of furan rings is 1. The molecule has 1 aliphatic rings. The number of aryl methyl sites for hydroxylation is 3. The van der Waals surface area contributed by atoms with Gasteiger partial charge < -0.3 is 19.2 Å². The number of nitrogens with zero attached hydrogens (tertiary/aromatic N) is 1. The molecule has 9 heteroatoms. The van der Waals surface area contributed by atoms with Crippen LogP contribution in [-0.4, -0.2) is 30.0 Å². The third-order valence-corrected chi connectivity index (χ3v) is 5.35. The first-order valence-corrected chi connectivity index (χ1v) is 10.3. The van der Waals surface area contributed by atoms with Crippen LogP contribution in [0.15, 0.2) is 40.8 Å².